The SMILES string of the molecule is CC/C=C\C/C=C\C/C=C\C/C=C\C/C=C\CCCCCCCCCC(=O)NC(COP(=O)(O)OCC[N+](C)(C)C)C(/C=C/CCCCCCCCCCCCC)OC(=O)CCCCCCCCCCCCCCC/C=C/CCCCCCCC. The van der Waals surface area contributed by atoms with Gasteiger partial charge >= 0.3 is 13.8 Å². The lowest BCUT2D eigenvalue weighted by atomic mass is 10.0. The summed E-state index contributed by atoms with van der Waals surface area (Å²) >= 11 is 0. The number of likely N-dealkylation sites (N-methyl/N-ethyl adjacent to an activating group) is 1. The molecule has 1 amide bonds. The summed E-state index contributed by atoms with van der Waals surface area (Å²) in [6.07, 6.45) is 85.9. The molecule has 0 aliphatic rings. The number of amides is 1. The molecule has 10 heteroatoms. The van der Waals surface area contributed by atoms with Gasteiger partial charge < -0.3 is 19.4 Å². The van der Waals surface area contributed by atoms with Crippen LogP contribution in [0.1, 0.15) is 329 Å². The van der Waals surface area contributed by atoms with Gasteiger partial charge in [-0.25, -0.2) is 4.57 Å². The standard InChI is InChI=1S/C75H137N2O7P/c1-7-10-13-16-19-22-25-28-30-32-34-36-38-40-42-44-46-49-52-55-58-61-64-67-74(78)76-72(71-83-85(80,81)82-70-69-77(4,5)6)73(66-63-60-57-54-51-48-27-24-21-18-15-12-9-3)84-75(79)68-65-62-59-56-53-50-47-45-43-41-39-37-35-33-31-29-26-23-20-17-14-11-8-2/h10,13,19,22,28-31,34,36,40,42,63,66,72-73H,7-9,11-12,14-18,20-21,23-27,32-33,35,37-39,41,43-62,64-65,67-71H2,1-6H3,(H-,76,78,80,81)/p+1/b13-10-,22-19-,30-28-,31-29+,36-34-,42-40-,66-63+. The Labute approximate surface area is 526 Å². The number of carbonyl (C=O) groups is 2. The molecular weight excluding hydrogens is 1070 g/mol. The summed E-state index contributed by atoms with van der Waals surface area (Å²) in [5.41, 5.74) is 0. The number of nitrogens with zero attached hydrogens (tertiary/aromatic N) is 1. The second kappa shape index (κ2) is 64.2. The van der Waals surface area contributed by atoms with Crippen LogP contribution in [-0.2, 0) is 27.9 Å². The van der Waals surface area contributed by atoms with Crippen LogP contribution in [0.2, 0.25) is 0 Å². The van der Waals surface area contributed by atoms with Gasteiger partial charge in [-0.3, -0.25) is 18.6 Å². The zero-order chi connectivity index (χ0) is 62.1. The van der Waals surface area contributed by atoms with Crippen LogP contribution < -0.4 is 5.32 Å². The number of carbonyl (C=O) groups excluding carboxylic acids is 2. The quantitative estimate of drug-likeness (QED) is 0.0205. The molecule has 494 valence electrons. The first-order chi connectivity index (χ1) is 41.4. The third-order valence-corrected chi connectivity index (χ3v) is 16.8. The maximum absolute atomic E-state index is 13.6. The fraction of sp³-hybridized carbons (Fsp3) is 0.787. The number of rotatable bonds is 65. The Hall–Kier alpha value is -2.81. The molecule has 2 N–H and O–H groups in total. The van der Waals surface area contributed by atoms with Crippen LogP contribution in [-0.4, -0.2) is 74.3 Å². The van der Waals surface area contributed by atoms with Gasteiger partial charge in [0.1, 0.15) is 19.3 Å². The molecule has 0 fully saturated rings. The molecule has 0 heterocycles. The number of ether oxygens (including phenoxy) is 1. The Kier molecular flexibility index (Phi) is 62.1. The monoisotopic (exact) mass is 1210 g/mol. The third kappa shape index (κ3) is 65.5. The molecular formula is C75H138N2O7P+. The van der Waals surface area contributed by atoms with Gasteiger partial charge in [0.05, 0.1) is 33.8 Å². The molecule has 0 spiro atoms. The molecule has 9 nitrogen and oxygen atoms in total. The van der Waals surface area contributed by atoms with Gasteiger partial charge in [-0.2, -0.15) is 0 Å². The van der Waals surface area contributed by atoms with Crippen molar-refractivity contribution in [1.29, 1.82) is 0 Å². The number of hydrogen-bond acceptors (Lipinski definition) is 6. The van der Waals surface area contributed by atoms with E-state index < -0.39 is 20.0 Å². The van der Waals surface area contributed by atoms with E-state index >= 15 is 0 Å². The molecule has 0 saturated heterocycles. The van der Waals surface area contributed by atoms with Crippen LogP contribution in [0.4, 0.5) is 0 Å². The molecule has 85 heavy (non-hydrogen) atoms. The van der Waals surface area contributed by atoms with E-state index in [1.807, 2.05) is 33.3 Å². The van der Waals surface area contributed by atoms with Gasteiger partial charge in [-0.05, 0) is 102 Å². The summed E-state index contributed by atoms with van der Waals surface area (Å²) in [7, 11) is 1.49. The summed E-state index contributed by atoms with van der Waals surface area (Å²) in [6.45, 7) is 6.92. The highest BCUT2D eigenvalue weighted by Gasteiger charge is 2.30. The van der Waals surface area contributed by atoms with Crippen molar-refractivity contribution in [2.75, 3.05) is 40.9 Å². The highest BCUT2D eigenvalue weighted by Crippen LogP contribution is 2.43. The third-order valence-electron chi connectivity index (χ3n) is 15.8. The first kappa shape index (κ1) is 82.2. The van der Waals surface area contributed by atoms with Crippen molar-refractivity contribution in [3.05, 3.63) is 85.1 Å². The highest BCUT2D eigenvalue weighted by atomic mass is 31.2. The van der Waals surface area contributed by atoms with E-state index in [4.69, 9.17) is 13.8 Å². The minimum Gasteiger partial charge on any atom is -0.456 e. The van der Waals surface area contributed by atoms with Crippen LogP contribution in [0.3, 0.4) is 0 Å². The van der Waals surface area contributed by atoms with E-state index in [9.17, 15) is 19.0 Å². The zero-order valence-corrected chi connectivity index (χ0v) is 57.5. The summed E-state index contributed by atoms with van der Waals surface area (Å²) in [6, 6.07) is -0.859. The first-order valence-electron chi connectivity index (χ1n) is 35.9. The van der Waals surface area contributed by atoms with Crippen LogP contribution in [0.25, 0.3) is 0 Å². The number of esters is 1. The van der Waals surface area contributed by atoms with E-state index in [0.29, 0.717) is 17.4 Å². The normalized spacial score (nSPS) is 14.0. The Morgan fingerprint density at radius 3 is 1.14 bits per heavy atom. The molecule has 0 radical (unpaired) electrons. The van der Waals surface area contributed by atoms with Crippen molar-refractivity contribution in [3.8, 4) is 0 Å². The average molecular weight is 1210 g/mol. The highest BCUT2D eigenvalue weighted by molar-refractivity contribution is 7.47. The average Bonchev–Trinajstić information content (AvgIpc) is 3.52. The molecule has 3 unspecified atom stereocenters. The molecule has 0 bridgehead atoms. The van der Waals surface area contributed by atoms with E-state index in [1.165, 1.54) is 193 Å². The van der Waals surface area contributed by atoms with Crippen molar-refractivity contribution in [2.45, 2.75) is 341 Å². The van der Waals surface area contributed by atoms with Crippen LogP contribution in [0.15, 0.2) is 85.1 Å². The zero-order valence-electron chi connectivity index (χ0n) is 56.6. The predicted octanol–water partition coefficient (Wildman–Crippen LogP) is 22.9. The van der Waals surface area contributed by atoms with Crippen molar-refractivity contribution in [1.82, 2.24) is 5.32 Å². The summed E-state index contributed by atoms with van der Waals surface area (Å²) < 4.78 is 30.9. The number of allylic oxidation sites excluding steroid dienone is 13. The molecule has 0 aromatic carbocycles. The molecule has 0 aromatic heterocycles. The van der Waals surface area contributed by atoms with Gasteiger partial charge in [0.2, 0.25) is 5.91 Å². The molecule has 0 rings (SSSR count). The van der Waals surface area contributed by atoms with Crippen LogP contribution in [0, 0.1) is 0 Å². The lowest BCUT2D eigenvalue weighted by Gasteiger charge is -2.27. The summed E-state index contributed by atoms with van der Waals surface area (Å²) in [5, 5.41) is 3.07. The van der Waals surface area contributed by atoms with Gasteiger partial charge in [0.25, 0.3) is 0 Å². The molecule has 0 aliphatic carbocycles. The van der Waals surface area contributed by atoms with Gasteiger partial charge in [0, 0.05) is 12.8 Å². The Morgan fingerprint density at radius 1 is 0.424 bits per heavy atom. The first-order valence-corrected chi connectivity index (χ1v) is 37.4. The van der Waals surface area contributed by atoms with Crippen molar-refractivity contribution in [2.24, 2.45) is 0 Å². The van der Waals surface area contributed by atoms with Crippen LogP contribution in [0.5, 0.6) is 0 Å². The van der Waals surface area contributed by atoms with E-state index in [0.717, 1.165) is 103 Å². The number of phosphoric acid groups is 1. The Bertz CT molecular complexity index is 1730. The number of nitrogens with one attached hydrogen (secondary N) is 1. The lowest BCUT2D eigenvalue weighted by molar-refractivity contribution is -0.870. The van der Waals surface area contributed by atoms with E-state index in [2.05, 4.69) is 99.0 Å². The lowest BCUT2D eigenvalue weighted by Crippen LogP contribution is -2.47. The number of hydrogen-bond donors (Lipinski definition) is 2. The van der Waals surface area contributed by atoms with E-state index in [-0.39, 0.29) is 31.5 Å². The predicted molar refractivity (Wildman–Crippen MR) is 369 cm³/mol. The van der Waals surface area contributed by atoms with Gasteiger partial charge in [-0.15, -0.1) is 0 Å². The minimum absolute atomic E-state index is 0.0356. The number of quaternary nitrogens is 1. The maximum atomic E-state index is 13.6. The Morgan fingerprint density at radius 2 is 0.753 bits per heavy atom. The summed E-state index contributed by atoms with van der Waals surface area (Å²) in [4.78, 5) is 37.9. The minimum atomic E-state index is -4.46. The van der Waals surface area contributed by atoms with Crippen molar-refractivity contribution in [3.63, 3.8) is 0 Å². The fourth-order valence-electron chi connectivity index (χ4n) is 10.3. The van der Waals surface area contributed by atoms with Crippen molar-refractivity contribution < 1.29 is 37.3 Å². The maximum Gasteiger partial charge on any atom is 0.472 e. The topological polar surface area (TPSA) is 111 Å². The fourth-order valence-corrected chi connectivity index (χ4v) is 11.1. The number of unbranched alkanes of at least 4 members (excludes halogenated alkanes) is 37. The number of phosphoric ester groups is 1. The van der Waals surface area contributed by atoms with Crippen molar-refractivity contribution >= 4 is 19.7 Å². The molecule has 3 atom stereocenters. The second-order valence-electron chi connectivity index (χ2n) is 25.4. The largest absolute Gasteiger partial charge is 0.472 e. The summed E-state index contributed by atoms with van der Waals surface area (Å²) in [5.74, 6) is -0.510. The molecule has 0 saturated carbocycles. The second-order valence-corrected chi connectivity index (χ2v) is 26.8. The molecule has 0 aromatic rings. The van der Waals surface area contributed by atoms with Gasteiger partial charge in [-0.1, -0.05) is 299 Å². The molecule has 0 aliphatic heterocycles. The Balaban J connectivity index is 5.13. The van der Waals surface area contributed by atoms with Crippen LogP contribution >= 0.6 is 7.82 Å². The van der Waals surface area contributed by atoms with E-state index in [1.54, 1.807) is 0 Å². The van der Waals surface area contributed by atoms with Gasteiger partial charge in [0.15, 0.2) is 0 Å². The smallest absolute Gasteiger partial charge is 0.456 e.